The molecular weight excluding hydrogens is 316 g/mol. The number of anilines is 1. The molecule has 0 radical (unpaired) electrons. The Kier molecular flexibility index (Phi) is 4.34. The minimum absolute atomic E-state index is 0.0936. The van der Waals surface area contributed by atoms with Crippen LogP contribution in [0.1, 0.15) is 24.8 Å². The summed E-state index contributed by atoms with van der Waals surface area (Å²) in [4.78, 5) is 5.06. The number of halogens is 1. The first-order chi connectivity index (χ1) is 9.69. The van der Waals surface area contributed by atoms with Gasteiger partial charge >= 0.3 is 0 Å². The second kappa shape index (κ2) is 6.04. The predicted octanol–water partition coefficient (Wildman–Crippen LogP) is 2.86. The number of hydrogen-bond acceptors (Lipinski definition) is 3. The standard InChI is InChI=1S/C16H23BrN2O/c1-18-7-2-3-12-10-19(8-6-16(12)18)14-5-4-13(11-20)15(17)9-14/h4-5,9,12,16,20H,2-3,6-8,10-11H2,1H3. The van der Waals surface area contributed by atoms with Gasteiger partial charge in [0.1, 0.15) is 0 Å². The number of aliphatic hydroxyl groups is 1. The average Bonchev–Trinajstić information content (AvgIpc) is 2.47. The first-order valence-electron chi connectivity index (χ1n) is 7.53. The number of fused-ring (bicyclic) bond motifs is 1. The minimum atomic E-state index is 0.0936. The third-order valence-corrected chi connectivity index (χ3v) is 5.66. The molecule has 0 spiro atoms. The number of likely N-dealkylation sites (tertiary alicyclic amines) is 1. The first kappa shape index (κ1) is 14.4. The smallest absolute Gasteiger partial charge is 0.0692 e. The highest BCUT2D eigenvalue weighted by molar-refractivity contribution is 9.10. The van der Waals surface area contributed by atoms with Crippen molar-refractivity contribution in [3.63, 3.8) is 0 Å². The maximum atomic E-state index is 9.25. The van der Waals surface area contributed by atoms with Crippen molar-refractivity contribution in [2.75, 3.05) is 31.6 Å². The summed E-state index contributed by atoms with van der Waals surface area (Å²) in [6.45, 7) is 3.66. The lowest BCUT2D eigenvalue weighted by Gasteiger charge is -2.46. The van der Waals surface area contributed by atoms with E-state index in [2.05, 4.69) is 44.9 Å². The lowest BCUT2D eigenvalue weighted by molar-refractivity contribution is 0.102. The van der Waals surface area contributed by atoms with Crippen LogP contribution in [0, 0.1) is 5.92 Å². The number of piperidine rings is 2. The molecule has 0 saturated carbocycles. The molecule has 2 unspecified atom stereocenters. The fourth-order valence-corrected chi connectivity index (χ4v) is 4.24. The highest BCUT2D eigenvalue weighted by Gasteiger charge is 2.34. The monoisotopic (exact) mass is 338 g/mol. The van der Waals surface area contributed by atoms with Gasteiger partial charge in [-0.25, -0.2) is 0 Å². The van der Waals surface area contributed by atoms with Crippen molar-refractivity contribution in [2.45, 2.75) is 31.9 Å². The molecule has 0 aromatic heterocycles. The van der Waals surface area contributed by atoms with Gasteiger partial charge in [-0.3, -0.25) is 0 Å². The van der Waals surface area contributed by atoms with Gasteiger partial charge in [-0.05, 0) is 56.5 Å². The second-order valence-corrected chi connectivity index (χ2v) is 6.97. The molecule has 3 nitrogen and oxygen atoms in total. The van der Waals surface area contributed by atoms with E-state index >= 15 is 0 Å². The lowest BCUT2D eigenvalue weighted by Crippen LogP contribution is -2.52. The highest BCUT2D eigenvalue weighted by atomic mass is 79.9. The zero-order chi connectivity index (χ0) is 14.1. The van der Waals surface area contributed by atoms with E-state index in [-0.39, 0.29) is 6.61 Å². The van der Waals surface area contributed by atoms with Crippen molar-refractivity contribution in [3.05, 3.63) is 28.2 Å². The van der Waals surface area contributed by atoms with Crippen LogP contribution in [0.5, 0.6) is 0 Å². The van der Waals surface area contributed by atoms with Crippen LogP contribution < -0.4 is 4.90 Å². The summed E-state index contributed by atoms with van der Waals surface area (Å²) in [5.74, 6) is 0.804. The topological polar surface area (TPSA) is 26.7 Å². The minimum Gasteiger partial charge on any atom is -0.392 e. The Morgan fingerprint density at radius 2 is 2.15 bits per heavy atom. The van der Waals surface area contributed by atoms with Crippen molar-refractivity contribution in [1.82, 2.24) is 4.90 Å². The number of rotatable bonds is 2. The van der Waals surface area contributed by atoms with Gasteiger partial charge in [-0.15, -0.1) is 0 Å². The van der Waals surface area contributed by atoms with E-state index in [0.29, 0.717) is 0 Å². The predicted molar refractivity (Wildman–Crippen MR) is 86.0 cm³/mol. The van der Waals surface area contributed by atoms with Gasteiger partial charge in [0.05, 0.1) is 6.61 Å². The van der Waals surface area contributed by atoms with Crippen molar-refractivity contribution in [1.29, 1.82) is 0 Å². The zero-order valence-corrected chi connectivity index (χ0v) is 13.6. The fraction of sp³-hybridized carbons (Fsp3) is 0.625. The van der Waals surface area contributed by atoms with E-state index in [9.17, 15) is 5.11 Å². The molecule has 1 N–H and O–H groups in total. The molecule has 2 aliphatic rings. The molecule has 110 valence electrons. The van der Waals surface area contributed by atoms with Crippen LogP contribution in [0.25, 0.3) is 0 Å². The van der Waals surface area contributed by atoms with E-state index in [1.165, 1.54) is 38.0 Å². The van der Waals surface area contributed by atoms with Gasteiger partial charge in [-0.1, -0.05) is 22.0 Å². The molecule has 3 rings (SSSR count). The van der Waals surface area contributed by atoms with Crippen LogP contribution in [0.2, 0.25) is 0 Å². The quantitative estimate of drug-likeness (QED) is 0.898. The molecular formula is C16H23BrN2O. The molecule has 0 amide bonds. The summed E-state index contributed by atoms with van der Waals surface area (Å²) in [6, 6.07) is 7.10. The maximum Gasteiger partial charge on any atom is 0.0692 e. The summed E-state index contributed by atoms with van der Waals surface area (Å²) in [5, 5.41) is 9.25. The Hall–Kier alpha value is -0.580. The molecule has 1 aromatic carbocycles. The molecule has 2 aliphatic heterocycles. The van der Waals surface area contributed by atoms with Crippen LogP contribution in [-0.4, -0.2) is 42.7 Å². The molecule has 1 aromatic rings. The van der Waals surface area contributed by atoms with E-state index in [4.69, 9.17) is 0 Å². The van der Waals surface area contributed by atoms with Crippen LogP contribution in [0.15, 0.2) is 22.7 Å². The van der Waals surface area contributed by atoms with Gasteiger partial charge in [0, 0.05) is 29.3 Å². The van der Waals surface area contributed by atoms with Gasteiger partial charge in [0.15, 0.2) is 0 Å². The first-order valence-corrected chi connectivity index (χ1v) is 8.33. The molecule has 20 heavy (non-hydrogen) atoms. The number of nitrogens with zero attached hydrogens (tertiary/aromatic N) is 2. The van der Waals surface area contributed by atoms with Gasteiger partial charge in [-0.2, -0.15) is 0 Å². The molecule has 2 heterocycles. The normalized spacial score (nSPS) is 27.4. The summed E-state index contributed by atoms with van der Waals surface area (Å²) in [7, 11) is 2.28. The van der Waals surface area contributed by atoms with E-state index in [1.54, 1.807) is 0 Å². The summed E-state index contributed by atoms with van der Waals surface area (Å²) < 4.78 is 1.01. The van der Waals surface area contributed by atoms with Crippen LogP contribution in [0.3, 0.4) is 0 Å². The Morgan fingerprint density at radius 3 is 2.90 bits per heavy atom. The second-order valence-electron chi connectivity index (χ2n) is 6.12. The zero-order valence-electron chi connectivity index (χ0n) is 12.1. The SMILES string of the molecule is CN1CCCC2CN(c3ccc(CO)c(Br)c3)CCC21. The molecule has 2 saturated heterocycles. The van der Waals surface area contributed by atoms with Crippen molar-refractivity contribution < 1.29 is 5.11 Å². The van der Waals surface area contributed by atoms with Crippen LogP contribution in [0.4, 0.5) is 5.69 Å². The third kappa shape index (κ3) is 2.74. The molecule has 4 heteroatoms. The van der Waals surface area contributed by atoms with Crippen molar-refractivity contribution >= 4 is 21.6 Å². The molecule has 2 fully saturated rings. The highest BCUT2D eigenvalue weighted by Crippen LogP contribution is 2.33. The number of aliphatic hydroxyl groups excluding tert-OH is 1. The van der Waals surface area contributed by atoms with Crippen LogP contribution in [-0.2, 0) is 6.61 Å². The number of benzene rings is 1. The van der Waals surface area contributed by atoms with E-state index in [0.717, 1.165) is 28.5 Å². The summed E-state index contributed by atoms with van der Waals surface area (Å²) in [6.07, 6.45) is 3.96. The van der Waals surface area contributed by atoms with E-state index < -0.39 is 0 Å². The van der Waals surface area contributed by atoms with E-state index in [1.807, 2.05) is 6.07 Å². The Bertz CT molecular complexity index is 480. The largest absolute Gasteiger partial charge is 0.392 e. The molecule has 2 atom stereocenters. The Balaban J connectivity index is 1.74. The summed E-state index contributed by atoms with van der Waals surface area (Å²) in [5.41, 5.74) is 2.24. The maximum absolute atomic E-state index is 9.25. The van der Waals surface area contributed by atoms with Gasteiger partial charge in [0.25, 0.3) is 0 Å². The average molecular weight is 339 g/mol. The third-order valence-electron chi connectivity index (χ3n) is 4.92. The number of hydrogen-bond donors (Lipinski definition) is 1. The van der Waals surface area contributed by atoms with Crippen molar-refractivity contribution in [2.24, 2.45) is 5.92 Å². The molecule has 0 aliphatic carbocycles. The summed E-state index contributed by atoms with van der Waals surface area (Å²) >= 11 is 3.56. The Morgan fingerprint density at radius 1 is 1.30 bits per heavy atom. The van der Waals surface area contributed by atoms with Crippen LogP contribution >= 0.6 is 15.9 Å². The van der Waals surface area contributed by atoms with Crippen molar-refractivity contribution in [3.8, 4) is 0 Å². The van der Waals surface area contributed by atoms with Gasteiger partial charge in [0.2, 0.25) is 0 Å². The lowest BCUT2D eigenvalue weighted by atomic mass is 9.84. The fourth-order valence-electron chi connectivity index (χ4n) is 3.75. The Labute approximate surface area is 129 Å². The molecule has 0 bridgehead atoms. The van der Waals surface area contributed by atoms with Gasteiger partial charge < -0.3 is 14.9 Å².